The predicted octanol–water partition coefficient (Wildman–Crippen LogP) is 5.65. The van der Waals surface area contributed by atoms with E-state index in [0.717, 1.165) is 5.56 Å². The number of halogens is 1. The molecule has 0 saturated heterocycles. The van der Waals surface area contributed by atoms with Gasteiger partial charge in [0.25, 0.3) is 0 Å². The minimum atomic E-state index is -0.265. The molecule has 0 aliphatic heterocycles. The van der Waals surface area contributed by atoms with E-state index in [1.165, 1.54) is 26.4 Å². The first-order chi connectivity index (χ1) is 14.5. The van der Waals surface area contributed by atoms with Gasteiger partial charge in [0.1, 0.15) is 29.6 Å². The van der Waals surface area contributed by atoms with Crippen LogP contribution in [0.1, 0.15) is 21.5 Å². The molecule has 0 aromatic heterocycles. The number of aromatic hydroxyl groups is 1. The molecule has 0 heterocycles. The van der Waals surface area contributed by atoms with Crippen molar-refractivity contribution < 1.29 is 24.1 Å². The zero-order chi connectivity index (χ0) is 21.5. The van der Waals surface area contributed by atoms with E-state index in [0.29, 0.717) is 39.5 Å². The number of phenolic OH excluding ortho intramolecular Hbond substituents is 1. The third kappa shape index (κ3) is 5.21. The summed E-state index contributed by atoms with van der Waals surface area (Å²) in [6.45, 7) is 0.403. The van der Waals surface area contributed by atoms with Crippen LogP contribution in [0.5, 0.6) is 23.0 Å². The number of carbonyl (C=O) groups is 1. The minimum absolute atomic E-state index is 0.0208. The first-order valence-electron chi connectivity index (χ1n) is 9.15. The van der Waals surface area contributed by atoms with E-state index in [-0.39, 0.29) is 11.5 Å². The first kappa shape index (κ1) is 21.5. The van der Waals surface area contributed by atoms with Gasteiger partial charge in [-0.05, 0) is 51.8 Å². The maximum atomic E-state index is 12.7. The standard InChI is InChI=1S/C24H21BrO5/c1-28-23-14-24(29-2)20(25)13-19(23)21(26)11-9-17-8-10-18(12-22(17)27)30-15-16-6-4-3-5-7-16/h3-14,27H,15H2,1-2H3. The molecule has 6 heteroatoms. The van der Waals surface area contributed by atoms with Crippen molar-refractivity contribution in [1.29, 1.82) is 0 Å². The van der Waals surface area contributed by atoms with Crippen molar-refractivity contribution in [3.8, 4) is 23.0 Å². The van der Waals surface area contributed by atoms with Gasteiger partial charge in [-0.2, -0.15) is 0 Å². The number of ether oxygens (including phenoxy) is 3. The van der Waals surface area contributed by atoms with Gasteiger partial charge in [0.15, 0.2) is 5.78 Å². The Morgan fingerprint density at radius 1 is 1.00 bits per heavy atom. The van der Waals surface area contributed by atoms with Gasteiger partial charge in [0.2, 0.25) is 0 Å². The second-order valence-electron chi connectivity index (χ2n) is 6.38. The number of methoxy groups -OCH3 is 2. The number of benzene rings is 3. The van der Waals surface area contributed by atoms with Crippen LogP contribution in [-0.2, 0) is 6.61 Å². The van der Waals surface area contributed by atoms with Crippen LogP contribution in [0.4, 0.5) is 0 Å². The number of ketones is 1. The zero-order valence-corrected chi connectivity index (χ0v) is 18.2. The number of rotatable bonds is 8. The molecule has 3 aromatic carbocycles. The Hall–Kier alpha value is -3.25. The maximum absolute atomic E-state index is 12.7. The lowest BCUT2D eigenvalue weighted by molar-refractivity contribution is 0.104. The zero-order valence-electron chi connectivity index (χ0n) is 16.6. The third-order valence-corrected chi connectivity index (χ3v) is 5.02. The summed E-state index contributed by atoms with van der Waals surface area (Å²) >= 11 is 3.38. The monoisotopic (exact) mass is 468 g/mol. The summed E-state index contributed by atoms with van der Waals surface area (Å²) in [5.74, 6) is 1.27. The molecule has 0 aliphatic rings. The molecule has 0 radical (unpaired) electrons. The van der Waals surface area contributed by atoms with Crippen molar-refractivity contribution in [2.45, 2.75) is 6.61 Å². The highest BCUT2D eigenvalue weighted by atomic mass is 79.9. The topological polar surface area (TPSA) is 65.0 Å². The van der Waals surface area contributed by atoms with Crippen LogP contribution in [0.15, 0.2) is 71.2 Å². The summed E-state index contributed by atoms with van der Waals surface area (Å²) in [5, 5.41) is 10.3. The van der Waals surface area contributed by atoms with Crippen LogP contribution >= 0.6 is 15.9 Å². The molecule has 0 spiro atoms. The fourth-order valence-corrected chi connectivity index (χ4v) is 3.31. The lowest BCUT2D eigenvalue weighted by atomic mass is 10.1. The number of hydrogen-bond donors (Lipinski definition) is 1. The van der Waals surface area contributed by atoms with E-state index in [1.807, 2.05) is 30.3 Å². The van der Waals surface area contributed by atoms with E-state index in [9.17, 15) is 9.90 Å². The summed E-state index contributed by atoms with van der Waals surface area (Å²) in [4.78, 5) is 12.7. The smallest absolute Gasteiger partial charge is 0.189 e. The quantitative estimate of drug-likeness (QED) is 0.341. The van der Waals surface area contributed by atoms with Gasteiger partial charge in [-0.25, -0.2) is 0 Å². The number of allylic oxidation sites excluding steroid dienone is 1. The average molecular weight is 469 g/mol. The van der Waals surface area contributed by atoms with E-state index < -0.39 is 0 Å². The number of phenols is 1. The summed E-state index contributed by atoms with van der Waals surface area (Å²) in [7, 11) is 3.03. The lowest BCUT2D eigenvalue weighted by Crippen LogP contribution is -2.00. The summed E-state index contributed by atoms with van der Waals surface area (Å²) in [6.07, 6.45) is 2.94. The summed E-state index contributed by atoms with van der Waals surface area (Å²) in [5.41, 5.74) is 1.91. The second kappa shape index (κ2) is 9.98. The highest BCUT2D eigenvalue weighted by Gasteiger charge is 2.14. The Morgan fingerprint density at radius 3 is 2.40 bits per heavy atom. The molecular weight excluding hydrogens is 448 g/mol. The van der Waals surface area contributed by atoms with Crippen molar-refractivity contribution in [1.82, 2.24) is 0 Å². The second-order valence-corrected chi connectivity index (χ2v) is 7.23. The van der Waals surface area contributed by atoms with Crippen molar-refractivity contribution in [2.75, 3.05) is 14.2 Å². The van der Waals surface area contributed by atoms with Gasteiger partial charge < -0.3 is 19.3 Å². The van der Waals surface area contributed by atoms with Crippen molar-refractivity contribution in [3.05, 3.63) is 87.9 Å². The Balaban J connectivity index is 1.73. The number of carbonyl (C=O) groups excluding carboxylic acids is 1. The van der Waals surface area contributed by atoms with Crippen LogP contribution in [0.2, 0.25) is 0 Å². The molecule has 0 unspecified atom stereocenters. The molecule has 154 valence electrons. The van der Waals surface area contributed by atoms with E-state index >= 15 is 0 Å². The Kier molecular flexibility index (Phi) is 7.14. The van der Waals surface area contributed by atoms with Crippen LogP contribution in [0.25, 0.3) is 6.08 Å². The molecule has 0 bridgehead atoms. The van der Waals surface area contributed by atoms with Gasteiger partial charge in [-0.3, -0.25) is 4.79 Å². The Bertz CT molecular complexity index is 1060. The van der Waals surface area contributed by atoms with E-state index in [4.69, 9.17) is 14.2 Å². The molecule has 3 rings (SSSR count). The number of hydrogen-bond acceptors (Lipinski definition) is 5. The van der Waals surface area contributed by atoms with Gasteiger partial charge in [0.05, 0.1) is 24.3 Å². The predicted molar refractivity (Wildman–Crippen MR) is 119 cm³/mol. The summed E-state index contributed by atoms with van der Waals surface area (Å²) in [6, 6.07) is 18.0. The Labute approximate surface area is 183 Å². The van der Waals surface area contributed by atoms with E-state index in [2.05, 4.69) is 15.9 Å². The van der Waals surface area contributed by atoms with Crippen molar-refractivity contribution >= 4 is 27.8 Å². The molecule has 0 saturated carbocycles. The maximum Gasteiger partial charge on any atom is 0.189 e. The third-order valence-electron chi connectivity index (χ3n) is 4.40. The lowest BCUT2D eigenvalue weighted by Gasteiger charge is -2.10. The molecule has 0 atom stereocenters. The first-order valence-corrected chi connectivity index (χ1v) is 9.94. The molecule has 30 heavy (non-hydrogen) atoms. The van der Waals surface area contributed by atoms with Crippen LogP contribution in [0.3, 0.4) is 0 Å². The molecule has 3 aromatic rings. The largest absolute Gasteiger partial charge is 0.507 e. The molecule has 0 amide bonds. The molecule has 1 N–H and O–H groups in total. The van der Waals surface area contributed by atoms with Gasteiger partial charge in [-0.15, -0.1) is 0 Å². The fourth-order valence-electron chi connectivity index (χ4n) is 2.80. The fraction of sp³-hybridized carbons (Fsp3) is 0.125. The SMILES string of the molecule is COc1cc(OC)c(C(=O)C=Cc2ccc(OCc3ccccc3)cc2O)cc1Br. The Morgan fingerprint density at radius 2 is 1.73 bits per heavy atom. The normalized spacial score (nSPS) is 10.8. The van der Waals surface area contributed by atoms with Gasteiger partial charge in [0, 0.05) is 17.7 Å². The van der Waals surface area contributed by atoms with Gasteiger partial charge in [-0.1, -0.05) is 30.3 Å². The molecule has 0 fully saturated rings. The van der Waals surface area contributed by atoms with Crippen LogP contribution in [0, 0.1) is 0 Å². The molecule has 5 nitrogen and oxygen atoms in total. The van der Waals surface area contributed by atoms with Crippen LogP contribution in [-0.4, -0.2) is 25.1 Å². The highest BCUT2D eigenvalue weighted by molar-refractivity contribution is 9.10. The van der Waals surface area contributed by atoms with E-state index in [1.54, 1.807) is 30.3 Å². The van der Waals surface area contributed by atoms with Crippen molar-refractivity contribution in [2.24, 2.45) is 0 Å². The van der Waals surface area contributed by atoms with Gasteiger partial charge >= 0.3 is 0 Å². The molecule has 0 aliphatic carbocycles. The summed E-state index contributed by atoms with van der Waals surface area (Å²) < 4.78 is 16.9. The average Bonchev–Trinajstić information content (AvgIpc) is 2.77. The highest BCUT2D eigenvalue weighted by Crippen LogP contribution is 2.33. The van der Waals surface area contributed by atoms with Crippen molar-refractivity contribution in [3.63, 3.8) is 0 Å². The minimum Gasteiger partial charge on any atom is -0.507 e. The molecular formula is C24H21BrO5. The van der Waals surface area contributed by atoms with Crippen LogP contribution < -0.4 is 14.2 Å².